The van der Waals surface area contributed by atoms with E-state index in [-0.39, 0.29) is 12.1 Å². The highest BCUT2D eigenvalue weighted by atomic mass is 16.5. The monoisotopic (exact) mass is 283 g/mol. The SMILES string of the molecule is NC(c1ccc(Oc2ccccc2)cc1)C1CCCCO1. The lowest BCUT2D eigenvalue weighted by Gasteiger charge is -2.28. The van der Waals surface area contributed by atoms with Crippen molar-refractivity contribution in [2.45, 2.75) is 31.4 Å². The topological polar surface area (TPSA) is 44.5 Å². The molecule has 1 aliphatic heterocycles. The molecule has 0 bridgehead atoms. The van der Waals surface area contributed by atoms with Gasteiger partial charge in [0.25, 0.3) is 0 Å². The van der Waals surface area contributed by atoms with Crippen LogP contribution in [0, 0.1) is 0 Å². The maximum Gasteiger partial charge on any atom is 0.127 e. The van der Waals surface area contributed by atoms with Crippen LogP contribution < -0.4 is 10.5 Å². The number of rotatable bonds is 4. The van der Waals surface area contributed by atoms with Crippen molar-refractivity contribution in [1.29, 1.82) is 0 Å². The minimum Gasteiger partial charge on any atom is -0.457 e. The molecule has 0 amide bonds. The number of nitrogens with two attached hydrogens (primary N) is 1. The van der Waals surface area contributed by atoms with Crippen LogP contribution in [0.3, 0.4) is 0 Å². The van der Waals surface area contributed by atoms with Gasteiger partial charge in [-0.05, 0) is 49.1 Å². The first-order valence-electron chi connectivity index (χ1n) is 7.53. The normalized spacial score (nSPS) is 20.0. The van der Waals surface area contributed by atoms with Crippen molar-refractivity contribution in [3.63, 3.8) is 0 Å². The predicted octanol–water partition coefficient (Wildman–Crippen LogP) is 4.05. The third-order valence-corrected chi connectivity index (χ3v) is 3.86. The lowest BCUT2D eigenvalue weighted by atomic mass is 9.96. The molecule has 2 unspecified atom stereocenters. The summed E-state index contributed by atoms with van der Waals surface area (Å²) in [6.07, 6.45) is 3.53. The van der Waals surface area contributed by atoms with Gasteiger partial charge >= 0.3 is 0 Å². The number of ether oxygens (including phenoxy) is 2. The molecule has 21 heavy (non-hydrogen) atoms. The van der Waals surface area contributed by atoms with E-state index in [9.17, 15) is 0 Å². The second kappa shape index (κ2) is 6.74. The summed E-state index contributed by atoms with van der Waals surface area (Å²) < 4.78 is 11.6. The Bertz CT molecular complexity index is 547. The minimum absolute atomic E-state index is 0.0592. The van der Waals surface area contributed by atoms with Crippen LogP contribution in [0.1, 0.15) is 30.9 Å². The highest BCUT2D eigenvalue weighted by Crippen LogP contribution is 2.27. The molecule has 3 rings (SSSR count). The fourth-order valence-electron chi connectivity index (χ4n) is 2.65. The summed E-state index contributed by atoms with van der Waals surface area (Å²) in [6, 6.07) is 17.7. The van der Waals surface area contributed by atoms with E-state index in [1.807, 2.05) is 54.6 Å². The Morgan fingerprint density at radius 3 is 2.33 bits per heavy atom. The van der Waals surface area contributed by atoms with E-state index in [1.165, 1.54) is 6.42 Å². The zero-order valence-corrected chi connectivity index (χ0v) is 12.1. The van der Waals surface area contributed by atoms with Crippen molar-refractivity contribution in [2.24, 2.45) is 5.73 Å². The van der Waals surface area contributed by atoms with Crippen LogP contribution in [-0.2, 0) is 4.74 Å². The molecule has 3 heteroatoms. The average molecular weight is 283 g/mol. The number of benzene rings is 2. The smallest absolute Gasteiger partial charge is 0.127 e. The molecule has 1 aliphatic rings. The third kappa shape index (κ3) is 3.63. The first-order chi connectivity index (χ1) is 10.3. The van der Waals surface area contributed by atoms with E-state index in [4.69, 9.17) is 15.2 Å². The fourth-order valence-corrected chi connectivity index (χ4v) is 2.65. The van der Waals surface area contributed by atoms with Gasteiger partial charge in [0.05, 0.1) is 12.1 Å². The maximum absolute atomic E-state index is 6.31. The standard InChI is InChI=1S/C18H21NO2/c19-18(17-8-4-5-13-20-17)14-9-11-16(12-10-14)21-15-6-2-1-3-7-15/h1-3,6-7,9-12,17-18H,4-5,8,13,19H2. The second-order valence-corrected chi connectivity index (χ2v) is 5.41. The van der Waals surface area contributed by atoms with E-state index in [2.05, 4.69) is 0 Å². The molecule has 0 aromatic heterocycles. The molecule has 3 nitrogen and oxygen atoms in total. The molecular weight excluding hydrogens is 262 g/mol. The Balaban J connectivity index is 1.66. The van der Waals surface area contributed by atoms with E-state index in [0.717, 1.165) is 36.5 Å². The summed E-state index contributed by atoms with van der Waals surface area (Å²) in [5.41, 5.74) is 7.41. The number of para-hydroxylation sites is 1. The van der Waals surface area contributed by atoms with Gasteiger partial charge in [-0.1, -0.05) is 30.3 Å². The summed E-state index contributed by atoms with van der Waals surface area (Å²) in [5.74, 6) is 1.66. The Morgan fingerprint density at radius 2 is 1.67 bits per heavy atom. The van der Waals surface area contributed by atoms with Gasteiger partial charge in [0.2, 0.25) is 0 Å². The molecule has 2 aromatic carbocycles. The van der Waals surface area contributed by atoms with Crippen molar-refractivity contribution in [3.8, 4) is 11.5 Å². The fraction of sp³-hybridized carbons (Fsp3) is 0.333. The van der Waals surface area contributed by atoms with Gasteiger partial charge in [0.15, 0.2) is 0 Å². The van der Waals surface area contributed by atoms with Crippen LogP contribution >= 0.6 is 0 Å². The molecule has 2 aromatic rings. The molecule has 110 valence electrons. The summed E-state index contributed by atoms with van der Waals surface area (Å²) in [7, 11) is 0. The lowest BCUT2D eigenvalue weighted by Crippen LogP contribution is -2.31. The summed E-state index contributed by atoms with van der Waals surface area (Å²) in [5, 5.41) is 0. The lowest BCUT2D eigenvalue weighted by molar-refractivity contribution is 0.00000656. The van der Waals surface area contributed by atoms with Crippen molar-refractivity contribution in [3.05, 3.63) is 60.2 Å². The molecule has 2 N–H and O–H groups in total. The predicted molar refractivity (Wildman–Crippen MR) is 83.5 cm³/mol. The van der Waals surface area contributed by atoms with Crippen LogP contribution in [0.5, 0.6) is 11.5 Å². The summed E-state index contributed by atoms with van der Waals surface area (Å²) in [4.78, 5) is 0. The Kier molecular flexibility index (Phi) is 4.53. The Morgan fingerprint density at radius 1 is 0.952 bits per heavy atom. The zero-order valence-electron chi connectivity index (χ0n) is 12.1. The summed E-state index contributed by atoms with van der Waals surface area (Å²) in [6.45, 7) is 0.827. The molecule has 1 saturated heterocycles. The molecule has 0 radical (unpaired) electrons. The average Bonchev–Trinajstić information content (AvgIpc) is 2.57. The van der Waals surface area contributed by atoms with Crippen LogP contribution in [0.4, 0.5) is 0 Å². The molecule has 2 atom stereocenters. The van der Waals surface area contributed by atoms with Crippen molar-refractivity contribution in [2.75, 3.05) is 6.61 Å². The third-order valence-electron chi connectivity index (χ3n) is 3.86. The van der Waals surface area contributed by atoms with Gasteiger partial charge in [-0.15, -0.1) is 0 Å². The van der Waals surface area contributed by atoms with Crippen molar-refractivity contribution >= 4 is 0 Å². The van der Waals surface area contributed by atoms with E-state index in [1.54, 1.807) is 0 Å². The molecule has 0 aliphatic carbocycles. The quantitative estimate of drug-likeness (QED) is 0.920. The Labute approximate surface area is 125 Å². The van der Waals surface area contributed by atoms with Crippen LogP contribution in [-0.4, -0.2) is 12.7 Å². The molecule has 0 saturated carbocycles. The molecular formula is C18H21NO2. The first kappa shape index (κ1) is 14.1. The molecule has 0 spiro atoms. The van der Waals surface area contributed by atoms with E-state index < -0.39 is 0 Å². The maximum atomic E-state index is 6.31. The van der Waals surface area contributed by atoms with Gasteiger partial charge < -0.3 is 15.2 Å². The zero-order chi connectivity index (χ0) is 14.5. The van der Waals surface area contributed by atoms with Crippen LogP contribution in [0.2, 0.25) is 0 Å². The van der Waals surface area contributed by atoms with Gasteiger partial charge in [-0.2, -0.15) is 0 Å². The van der Waals surface area contributed by atoms with Crippen molar-refractivity contribution < 1.29 is 9.47 Å². The van der Waals surface area contributed by atoms with E-state index >= 15 is 0 Å². The number of hydrogen-bond donors (Lipinski definition) is 1. The Hall–Kier alpha value is -1.84. The van der Waals surface area contributed by atoms with Crippen LogP contribution in [0.15, 0.2) is 54.6 Å². The van der Waals surface area contributed by atoms with Crippen molar-refractivity contribution in [1.82, 2.24) is 0 Å². The van der Waals surface area contributed by atoms with Gasteiger partial charge in [-0.3, -0.25) is 0 Å². The highest BCUT2D eigenvalue weighted by molar-refractivity contribution is 5.34. The second-order valence-electron chi connectivity index (χ2n) is 5.41. The highest BCUT2D eigenvalue weighted by Gasteiger charge is 2.22. The van der Waals surface area contributed by atoms with Gasteiger partial charge in [0, 0.05) is 6.61 Å². The van der Waals surface area contributed by atoms with Crippen LogP contribution in [0.25, 0.3) is 0 Å². The molecule has 1 fully saturated rings. The largest absolute Gasteiger partial charge is 0.457 e. The molecule has 1 heterocycles. The first-order valence-corrected chi connectivity index (χ1v) is 7.53. The van der Waals surface area contributed by atoms with Gasteiger partial charge in [0.1, 0.15) is 11.5 Å². The van der Waals surface area contributed by atoms with E-state index in [0.29, 0.717) is 0 Å². The minimum atomic E-state index is -0.0592. The summed E-state index contributed by atoms with van der Waals surface area (Å²) >= 11 is 0. The number of hydrogen-bond acceptors (Lipinski definition) is 3. The van der Waals surface area contributed by atoms with Gasteiger partial charge in [-0.25, -0.2) is 0 Å².